The minimum atomic E-state index is -0.372. The summed E-state index contributed by atoms with van der Waals surface area (Å²) in [6.07, 6.45) is 1.55. The first-order valence-electron chi connectivity index (χ1n) is 7.32. The molecule has 2 atom stereocenters. The number of likely N-dealkylation sites (tertiary alicyclic amines) is 1. The lowest BCUT2D eigenvalue weighted by Crippen LogP contribution is -2.40. The zero-order chi connectivity index (χ0) is 15.7. The van der Waals surface area contributed by atoms with Crippen molar-refractivity contribution in [2.45, 2.75) is 39.1 Å². The Kier molecular flexibility index (Phi) is 4.53. The second-order valence-electron chi connectivity index (χ2n) is 5.80. The van der Waals surface area contributed by atoms with E-state index in [9.17, 15) is 5.11 Å². The standard InChI is InChI=1S/C14H21N5O2S/c1-9-16-17-14(21-9)8-18(3)12-6-19(7-13(12)20)5-11-4-15-10(2)22-11/h4,12-13,20H,5-8H2,1-3H3/t12?,13-/m1/s1. The van der Waals surface area contributed by atoms with Crippen LogP contribution in [0.25, 0.3) is 0 Å². The number of aliphatic hydroxyl groups is 1. The van der Waals surface area contributed by atoms with Crippen molar-refractivity contribution in [2.24, 2.45) is 0 Å². The van der Waals surface area contributed by atoms with Gasteiger partial charge in [0.2, 0.25) is 11.8 Å². The molecule has 1 fully saturated rings. The highest BCUT2D eigenvalue weighted by Gasteiger charge is 2.34. The average Bonchev–Trinajstić information content (AvgIpc) is 3.13. The molecule has 0 amide bonds. The van der Waals surface area contributed by atoms with Gasteiger partial charge in [-0.15, -0.1) is 21.5 Å². The van der Waals surface area contributed by atoms with Gasteiger partial charge in [0.1, 0.15) is 0 Å². The average molecular weight is 323 g/mol. The summed E-state index contributed by atoms with van der Waals surface area (Å²) in [5.41, 5.74) is 0. The van der Waals surface area contributed by atoms with Gasteiger partial charge < -0.3 is 9.52 Å². The van der Waals surface area contributed by atoms with Crippen LogP contribution in [0.2, 0.25) is 0 Å². The van der Waals surface area contributed by atoms with Gasteiger partial charge in [-0.05, 0) is 14.0 Å². The number of likely N-dealkylation sites (N-methyl/N-ethyl adjacent to an activating group) is 1. The summed E-state index contributed by atoms with van der Waals surface area (Å²) in [7, 11) is 1.98. The van der Waals surface area contributed by atoms with Crippen molar-refractivity contribution in [3.05, 3.63) is 27.9 Å². The van der Waals surface area contributed by atoms with E-state index in [0.29, 0.717) is 24.9 Å². The molecule has 1 saturated heterocycles. The predicted octanol–water partition coefficient (Wildman–Crippen LogP) is 0.820. The third-order valence-corrected chi connectivity index (χ3v) is 4.80. The topological polar surface area (TPSA) is 78.5 Å². The Labute approximate surface area is 133 Å². The van der Waals surface area contributed by atoms with Gasteiger partial charge in [-0.25, -0.2) is 4.98 Å². The highest BCUT2D eigenvalue weighted by molar-refractivity contribution is 7.11. The lowest BCUT2D eigenvalue weighted by Gasteiger charge is -2.25. The van der Waals surface area contributed by atoms with Crippen LogP contribution in [0.15, 0.2) is 10.6 Å². The summed E-state index contributed by atoms with van der Waals surface area (Å²) in [6, 6.07) is 0.0706. The molecule has 0 bridgehead atoms. The first kappa shape index (κ1) is 15.5. The molecule has 2 aromatic heterocycles. The van der Waals surface area contributed by atoms with Crippen molar-refractivity contribution in [1.82, 2.24) is 25.0 Å². The summed E-state index contributed by atoms with van der Waals surface area (Å²) in [5.74, 6) is 1.15. The largest absolute Gasteiger partial charge is 0.424 e. The van der Waals surface area contributed by atoms with Crippen molar-refractivity contribution in [3.8, 4) is 0 Å². The van der Waals surface area contributed by atoms with E-state index in [2.05, 4.69) is 25.0 Å². The van der Waals surface area contributed by atoms with Crippen LogP contribution in [0.1, 0.15) is 21.7 Å². The summed E-state index contributed by atoms with van der Waals surface area (Å²) < 4.78 is 5.41. The van der Waals surface area contributed by atoms with E-state index >= 15 is 0 Å². The van der Waals surface area contributed by atoms with Gasteiger partial charge in [-0.3, -0.25) is 9.80 Å². The van der Waals surface area contributed by atoms with E-state index in [0.717, 1.165) is 18.1 Å². The molecule has 8 heteroatoms. The molecule has 0 radical (unpaired) electrons. The summed E-state index contributed by atoms with van der Waals surface area (Å²) >= 11 is 1.71. The molecule has 0 aliphatic carbocycles. The minimum absolute atomic E-state index is 0.0706. The molecule has 0 saturated carbocycles. The number of nitrogens with zero attached hydrogens (tertiary/aromatic N) is 5. The molecular formula is C14H21N5O2S. The molecule has 3 rings (SSSR count). The highest BCUT2D eigenvalue weighted by atomic mass is 32.1. The smallest absolute Gasteiger partial charge is 0.230 e. The quantitative estimate of drug-likeness (QED) is 0.872. The lowest BCUT2D eigenvalue weighted by atomic mass is 10.2. The molecule has 1 aliphatic heterocycles. The van der Waals surface area contributed by atoms with Crippen LogP contribution >= 0.6 is 11.3 Å². The van der Waals surface area contributed by atoms with Crippen LogP contribution in [0.3, 0.4) is 0 Å². The zero-order valence-corrected chi connectivity index (χ0v) is 13.9. The monoisotopic (exact) mass is 323 g/mol. The molecule has 1 N–H and O–H groups in total. The number of aryl methyl sites for hydroxylation is 2. The Morgan fingerprint density at radius 2 is 2.23 bits per heavy atom. The van der Waals surface area contributed by atoms with Crippen LogP contribution in [-0.2, 0) is 13.1 Å². The molecule has 0 aromatic carbocycles. The normalized spacial score (nSPS) is 22.8. The zero-order valence-electron chi connectivity index (χ0n) is 13.1. The fraction of sp³-hybridized carbons (Fsp3) is 0.643. The lowest BCUT2D eigenvalue weighted by molar-refractivity contribution is 0.0899. The number of hydrogen-bond donors (Lipinski definition) is 1. The Bertz CT molecular complexity index is 628. The molecule has 0 spiro atoms. The van der Waals surface area contributed by atoms with E-state index in [-0.39, 0.29) is 12.1 Å². The molecule has 3 heterocycles. The maximum absolute atomic E-state index is 10.3. The van der Waals surface area contributed by atoms with Crippen molar-refractivity contribution in [2.75, 3.05) is 20.1 Å². The third kappa shape index (κ3) is 3.52. The maximum atomic E-state index is 10.3. The Morgan fingerprint density at radius 3 is 2.86 bits per heavy atom. The van der Waals surface area contributed by atoms with Gasteiger partial charge in [0.25, 0.3) is 0 Å². The summed E-state index contributed by atoms with van der Waals surface area (Å²) in [6.45, 7) is 6.68. The number of β-amino-alcohol motifs (C(OH)–C–C–N with tert-alkyl or cyclic N) is 1. The molecule has 7 nitrogen and oxygen atoms in total. The fourth-order valence-corrected chi connectivity index (χ4v) is 3.68. The SMILES string of the molecule is Cc1nnc(CN(C)C2CN(Cc3cnc(C)s3)C[C@H]2O)o1. The number of aromatic nitrogens is 3. The molecule has 22 heavy (non-hydrogen) atoms. The van der Waals surface area contributed by atoms with Gasteiger partial charge in [-0.1, -0.05) is 0 Å². The second-order valence-corrected chi connectivity index (χ2v) is 7.12. The molecule has 2 aromatic rings. The summed E-state index contributed by atoms with van der Waals surface area (Å²) in [5, 5.41) is 19.3. The minimum Gasteiger partial charge on any atom is -0.424 e. The number of thiazole rings is 1. The molecule has 1 unspecified atom stereocenters. The van der Waals surface area contributed by atoms with Gasteiger partial charge in [0.05, 0.1) is 17.7 Å². The van der Waals surface area contributed by atoms with Crippen LogP contribution in [0, 0.1) is 13.8 Å². The Balaban J connectivity index is 1.57. The summed E-state index contributed by atoms with van der Waals surface area (Å²) in [4.78, 5) is 9.86. The third-order valence-electron chi connectivity index (χ3n) is 3.90. The fourth-order valence-electron chi connectivity index (χ4n) is 2.84. The van der Waals surface area contributed by atoms with Gasteiger partial charge in [0, 0.05) is 43.7 Å². The van der Waals surface area contributed by atoms with Crippen molar-refractivity contribution < 1.29 is 9.52 Å². The van der Waals surface area contributed by atoms with Crippen molar-refractivity contribution in [3.63, 3.8) is 0 Å². The molecule has 1 aliphatic rings. The van der Waals surface area contributed by atoms with E-state index in [4.69, 9.17) is 4.42 Å². The van der Waals surface area contributed by atoms with Crippen LogP contribution in [0.4, 0.5) is 0 Å². The highest BCUT2D eigenvalue weighted by Crippen LogP contribution is 2.21. The van der Waals surface area contributed by atoms with Crippen LogP contribution < -0.4 is 0 Å². The molecular weight excluding hydrogens is 302 g/mol. The second kappa shape index (κ2) is 6.41. The van der Waals surface area contributed by atoms with Crippen LogP contribution in [-0.4, -0.2) is 62.4 Å². The van der Waals surface area contributed by atoms with Crippen LogP contribution in [0.5, 0.6) is 0 Å². The van der Waals surface area contributed by atoms with Crippen molar-refractivity contribution >= 4 is 11.3 Å². The predicted molar refractivity (Wildman–Crippen MR) is 82.4 cm³/mol. The van der Waals surface area contributed by atoms with Gasteiger partial charge in [-0.2, -0.15) is 0 Å². The van der Waals surface area contributed by atoms with E-state index in [1.165, 1.54) is 4.88 Å². The van der Waals surface area contributed by atoms with E-state index in [1.54, 1.807) is 18.3 Å². The first-order chi connectivity index (χ1) is 10.5. The van der Waals surface area contributed by atoms with Gasteiger partial charge >= 0.3 is 0 Å². The van der Waals surface area contributed by atoms with Crippen molar-refractivity contribution in [1.29, 1.82) is 0 Å². The van der Waals surface area contributed by atoms with Gasteiger partial charge in [0.15, 0.2) is 0 Å². The Hall–Kier alpha value is -1.35. The number of aliphatic hydroxyl groups excluding tert-OH is 1. The van der Waals surface area contributed by atoms with E-state index < -0.39 is 0 Å². The molecule has 120 valence electrons. The van der Waals surface area contributed by atoms with E-state index in [1.807, 2.05) is 20.2 Å². The Morgan fingerprint density at radius 1 is 1.41 bits per heavy atom. The number of hydrogen-bond acceptors (Lipinski definition) is 8. The number of rotatable bonds is 5. The maximum Gasteiger partial charge on any atom is 0.230 e. The first-order valence-corrected chi connectivity index (χ1v) is 8.14.